The van der Waals surface area contributed by atoms with Gasteiger partial charge in [-0.1, -0.05) is 0 Å². The third-order valence-electron chi connectivity index (χ3n) is 4.60. The maximum atomic E-state index is 4.59. The molecule has 0 bridgehead atoms. The van der Waals surface area contributed by atoms with E-state index in [2.05, 4.69) is 35.1 Å². The number of rotatable bonds is 2. The Balaban J connectivity index is 1.44. The van der Waals surface area contributed by atoms with E-state index in [0.29, 0.717) is 0 Å². The molecular weight excluding hydrogens is 318 g/mol. The Morgan fingerprint density at radius 2 is 1.64 bits per heavy atom. The minimum atomic E-state index is 0.798. The fourth-order valence-electron chi connectivity index (χ4n) is 3.40. The van der Waals surface area contributed by atoms with Gasteiger partial charge < -0.3 is 9.80 Å². The lowest BCUT2D eigenvalue weighted by atomic mass is 10.3. The van der Waals surface area contributed by atoms with Crippen molar-refractivity contribution in [2.75, 3.05) is 36.0 Å². The molecule has 9 nitrogen and oxygen atoms in total. The van der Waals surface area contributed by atoms with Crippen LogP contribution in [0.15, 0.2) is 43.4 Å². The molecule has 0 spiro atoms. The largest absolute Gasteiger partial charge is 0.353 e. The molecule has 0 radical (unpaired) electrons. The highest BCUT2D eigenvalue weighted by Gasteiger charge is 2.21. The Morgan fingerprint density at radius 1 is 0.840 bits per heavy atom. The van der Waals surface area contributed by atoms with Gasteiger partial charge in [0.25, 0.3) is 0 Å². The fraction of sp³-hybridized carbons (Fsp3) is 0.312. The quantitative estimate of drug-likeness (QED) is 0.538. The van der Waals surface area contributed by atoms with Crippen LogP contribution >= 0.6 is 0 Å². The van der Waals surface area contributed by atoms with Gasteiger partial charge in [-0.2, -0.15) is 5.10 Å². The molecule has 0 N–H and O–H groups in total. The number of fused-ring (bicyclic) bond motifs is 2. The van der Waals surface area contributed by atoms with E-state index in [4.69, 9.17) is 0 Å². The summed E-state index contributed by atoms with van der Waals surface area (Å²) in [5, 5.41) is 12.5. The molecular formula is C16H17N9. The van der Waals surface area contributed by atoms with Crippen LogP contribution in [0.5, 0.6) is 0 Å². The van der Waals surface area contributed by atoms with E-state index in [0.717, 1.165) is 55.4 Å². The van der Waals surface area contributed by atoms with Crippen molar-refractivity contribution in [2.45, 2.75) is 6.42 Å². The molecule has 0 unspecified atom stereocenters. The SMILES string of the molecule is c1cn2cnnc2c(N2CCCN(c3nccn4nccc34)CC2)n1. The van der Waals surface area contributed by atoms with Gasteiger partial charge in [-0.3, -0.25) is 4.40 Å². The molecule has 5 heterocycles. The molecule has 4 aromatic rings. The molecule has 0 atom stereocenters. The summed E-state index contributed by atoms with van der Waals surface area (Å²) in [4.78, 5) is 13.7. The average molecular weight is 335 g/mol. The maximum absolute atomic E-state index is 4.59. The van der Waals surface area contributed by atoms with E-state index in [1.807, 2.05) is 27.4 Å². The van der Waals surface area contributed by atoms with Crippen LogP contribution in [0.4, 0.5) is 11.6 Å². The van der Waals surface area contributed by atoms with Crippen molar-refractivity contribution in [2.24, 2.45) is 0 Å². The van der Waals surface area contributed by atoms with E-state index >= 15 is 0 Å². The van der Waals surface area contributed by atoms with Crippen LogP contribution in [-0.2, 0) is 0 Å². The molecule has 0 aliphatic carbocycles. The zero-order valence-electron chi connectivity index (χ0n) is 13.6. The minimum Gasteiger partial charge on any atom is -0.353 e. The molecule has 1 aliphatic heterocycles. The smallest absolute Gasteiger partial charge is 0.203 e. The van der Waals surface area contributed by atoms with Gasteiger partial charge in [0.2, 0.25) is 5.65 Å². The summed E-state index contributed by atoms with van der Waals surface area (Å²) < 4.78 is 3.77. The summed E-state index contributed by atoms with van der Waals surface area (Å²) in [5.74, 6) is 1.87. The molecule has 126 valence electrons. The lowest BCUT2D eigenvalue weighted by molar-refractivity contribution is 0.791. The summed E-state index contributed by atoms with van der Waals surface area (Å²) in [6.07, 6.45) is 11.9. The van der Waals surface area contributed by atoms with E-state index < -0.39 is 0 Å². The number of nitrogens with zero attached hydrogens (tertiary/aromatic N) is 9. The molecule has 0 aromatic carbocycles. The van der Waals surface area contributed by atoms with E-state index in [-0.39, 0.29) is 0 Å². The summed E-state index contributed by atoms with van der Waals surface area (Å²) in [5.41, 5.74) is 1.83. The van der Waals surface area contributed by atoms with E-state index in [1.165, 1.54) is 0 Å². The molecule has 1 aliphatic rings. The highest BCUT2D eigenvalue weighted by molar-refractivity contribution is 5.69. The van der Waals surface area contributed by atoms with Gasteiger partial charge in [0.1, 0.15) is 11.8 Å². The van der Waals surface area contributed by atoms with Crippen molar-refractivity contribution in [3.8, 4) is 0 Å². The van der Waals surface area contributed by atoms with Crippen molar-refractivity contribution in [1.82, 2.24) is 34.2 Å². The minimum absolute atomic E-state index is 0.798. The Hall–Kier alpha value is -3.23. The van der Waals surface area contributed by atoms with Gasteiger partial charge in [-0.25, -0.2) is 14.5 Å². The van der Waals surface area contributed by atoms with Gasteiger partial charge in [0.05, 0.1) is 6.20 Å². The van der Waals surface area contributed by atoms with Crippen molar-refractivity contribution < 1.29 is 0 Å². The highest BCUT2D eigenvalue weighted by Crippen LogP contribution is 2.22. The standard InChI is InChI=1S/C16H17N9/c1-6-22(14-13-2-3-20-25(13)9-5-17-14)10-11-23(7-1)15-16-21-19-12-24(16)8-4-18-15/h2-5,8-9,12H,1,6-7,10-11H2. The lowest BCUT2D eigenvalue weighted by Gasteiger charge is -2.23. The Morgan fingerprint density at radius 3 is 2.56 bits per heavy atom. The number of hydrogen-bond donors (Lipinski definition) is 0. The van der Waals surface area contributed by atoms with Crippen LogP contribution in [0.2, 0.25) is 0 Å². The topological polar surface area (TPSA) is 79.8 Å². The van der Waals surface area contributed by atoms with Crippen LogP contribution < -0.4 is 9.80 Å². The zero-order valence-corrected chi connectivity index (χ0v) is 13.6. The predicted octanol–water partition coefficient (Wildman–Crippen LogP) is 0.884. The van der Waals surface area contributed by atoms with Gasteiger partial charge in [0.15, 0.2) is 11.6 Å². The lowest BCUT2D eigenvalue weighted by Crippen LogP contribution is -2.32. The summed E-state index contributed by atoms with van der Waals surface area (Å²) in [6.45, 7) is 3.60. The third-order valence-corrected chi connectivity index (χ3v) is 4.60. The van der Waals surface area contributed by atoms with Gasteiger partial charge in [-0.05, 0) is 12.5 Å². The summed E-state index contributed by atoms with van der Waals surface area (Å²) in [6, 6.07) is 2.00. The van der Waals surface area contributed by atoms with Crippen molar-refractivity contribution in [1.29, 1.82) is 0 Å². The first-order valence-electron chi connectivity index (χ1n) is 8.33. The second-order valence-corrected chi connectivity index (χ2v) is 6.05. The molecule has 5 rings (SSSR count). The van der Waals surface area contributed by atoms with Crippen LogP contribution in [-0.4, -0.2) is 60.4 Å². The van der Waals surface area contributed by atoms with Crippen LogP contribution in [0, 0.1) is 0 Å². The van der Waals surface area contributed by atoms with Crippen molar-refractivity contribution in [3.05, 3.63) is 43.4 Å². The second kappa shape index (κ2) is 5.69. The number of hydrogen-bond acceptors (Lipinski definition) is 7. The first kappa shape index (κ1) is 14.1. The molecule has 1 saturated heterocycles. The van der Waals surface area contributed by atoms with Crippen LogP contribution in [0.1, 0.15) is 6.42 Å². The van der Waals surface area contributed by atoms with Gasteiger partial charge in [-0.15, -0.1) is 10.2 Å². The van der Waals surface area contributed by atoms with Crippen molar-refractivity contribution in [3.63, 3.8) is 0 Å². The molecule has 25 heavy (non-hydrogen) atoms. The first-order valence-corrected chi connectivity index (χ1v) is 8.33. The van der Waals surface area contributed by atoms with Gasteiger partial charge in [0, 0.05) is 51.0 Å². The van der Waals surface area contributed by atoms with E-state index in [1.54, 1.807) is 24.9 Å². The number of aromatic nitrogens is 7. The van der Waals surface area contributed by atoms with Crippen LogP contribution in [0.3, 0.4) is 0 Å². The van der Waals surface area contributed by atoms with Gasteiger partial charge >= 0.3 is 0 Å². The monoisotopic (exact) mass is 335 g/mol. The molecule has 4 aromatic heterocycles. The normalized spacial score (nSPS) is 15.8. The Kier molecular flexibility index (Phi) is 3.22. The second-order valence-electron chi connectivity index (χ2n) is 6.05. The Bertz CT molecular complexity index is 938. The maximum Gasteiger partial charge on any atom is 0.203 e. The van der Waals surface area contributed by atoms with Crippen LogP contribution in [0.25, 0.3) is 11.2 Å². The summed E-state index contributed by atoms with van der Waals surface area (Å²) in [7, 11) is 0. The fourth-order valence-corrected chi connectivity index (χ4v) is 3.40. The highest BCUT2D eigenvalue weighted by atomic mass is 15.3. The predicted molar refractivity (Wildman–Crippen MR) is 92.8 cm³/mol. The summed E-state index contributed by atoms with van der Waals surface area (Å²) >= 11 is 0. The molecule has 0 amide bonds. The zero-order chi connectivity index (χ0) is 16.6. The number of anilines is 2. The molecule has 0 saturated carbocycles. The van der Waals surface area contributed by atoms with Crippen molar-refractivity contribution >= 4 is 22.8 Å². The average Bonchev–Trinajstić information content (AvgIpc) is 3.25. The Labute approximate surface area is 143 Å². The molecule has 1 fully saturated rings. The third kappa shape index (κ3) is 2.35. The van der Waals surface area contributed by atoms with E-state index in [9.17, 15) is 0 Å². The first-order chi connectivity index (χ1) is 12.4. The molecule has 9 heteroatoms.